The van der Waals surface area contributed by atoms with Crippen LogP contribution in [-0.2, 0) is 4.79 Å². The average Bonchev–Trinajstić information content (AvgIpc) is 3.04. The molecule has 9 heteroatoms. The molecule has 0 aliphatic carbocycles. The van der Waals surface area contributed by atoms with Gasteiger partial charge in [0.2, 0.25) is 11.7 Å². The zero-order chi connectivity index (χ0) is 19.6. The van der Waals surface area contributed by atoms with Crippen LogP contribution in [0.3, 0.4) is 0 Å². The first kappa shape index (κ1) is 18.8. The molecule has 0 spiro atoms. The predicted molar refractivity (Wildman–Crippen MR) is 106 cm³/mol. The largest absolute Gasteiger partial charge is 0.382 e. The number of anilines is 3. The second-order valence-electron chi connectivity index (χ2n) is 5.70. The first-order valence-corrected chi connectivity index (χ1v) is 9.13. The fourth-order valence-corrected chi connectivity index (χ4v) is 3.62. The number of benzene rings is 1. The number of nitrogen functional groups attached to an aromatic ring is 1. The Morgan fingerprint density at radius 1 is 1.15 bits per heavy atom. The molecule has 0 fully saturated rings. The molecule has 0 saturated heterocycles. The molecule has 2 heterocycles. The Morgan fingerprint density at radius 3 is 2.37 bits per heavy atom. The van der Waals surface area contributed by atoms with Crippen molar-refractivity contribution in [3.05, 3.63) is 64.3 Å². The van der Waals surface area contributed by atoms with Crippen molar-refractivity contribution in [2.24, 2.45) is 5.73 Å². The van der Waals surface area contributed by atoms with Crippen LogP contribution in [0.2, 0.25) is 5.02 Å². The SMILES string of the molecule is C[C@@H](C(N)=O)N(c1ccc(Cl)cc1)c1nc(N)c(C(=O)c2ccncc2)s1. The topological polar surface area (TPSA) is 115 Å². The Morgan fingerprint density at radius 2 is 1.78 bits per heavy atom. The van der Waals surface area contributed by atoms with E-state index in [-0.39, 0.29) is 16.5 Å². The van der Waals surface area contributed by atoms with Crippen molar-refractivity contribution in [1.29, 1.82) is 0 Å². The average molecular weight is 402 g/mol. The number of primary amides is 1. The highest BCUT2D eigenvalue weighted by Crippen LogP contribution is 2.36. The summed E-state index contributed by atoms with van der Waals surface area (Å²) in [6.45, 7) is 1.65. The summed E-state index contributed by atoms with van der Waals surface area (Å²) in [5, 5.41) is 0.941. The number of pyridine rings is 1. The van der Waals surface area contributed by atoms with Crippen molar-refractivity contribution in [3.8, 4) is 0 Å². The van der Waals surface area contributed by atoms with E-state index in [1.807, 2.05) is 0 Å². The molecule has 7 nitrogen and oxygen atoms in total. The van der Waals surface area contributed by atoms with E-state index in [4.69, 9.17) is 23.1 Å². The van der Waals surface area contributed by atoms with Crippen molar-refractivity contribution in [3.63, 3.8) is 0 Å². The highest BCUT2D eigenvalue weighted by Gasteiger charge is 2.27. The molecule has 0 bridgehead atoms. The monoisotopic (exact) mass is 401 g/mol. The van der Waals surface area contributed by atoms with E-state index in [9.17, 15) is 9.59 Å². The van der Waals surface area contributed by atoms with E-state index in [1.54, 1.807) is 48.2 Å². The van der Waals surface area contributed by atoms with Crippen molar-refractivity contribution in [2.45, 2.75) is 13.0 Å². The molecule has 1 aromatic carbocycles. The number of hydrogen-bond donors (Lipinski definition) is 2. The molecular formula is C18H16ClN5O2S. The first-order chi connectivity index (χ1) is 12.9. The van der Waals surface area contributed by atoms with E-state index in [1.165, 1.54) is 12.4 Å². The van der Waals surface area contributed by atoms with Gasteiger partial charge in [-0.05, 0) is 43.3 Å². The Balaban J connectivity index is 2.04. The fraction of sp³-hybridized carbons (Fsp3) is 0.111. The van der Waals surface area contributed by atoms with Crippen LogP contribution in [0.15, 0.2) is 48.8 Å². The van der Waals surface area contributed by atoms with Crippen LogP contribution in [0, 0.1) is 0 Å². The summed E-state index contributed by atoms with van der Waals surface area (Å²) in [4.78, 5) is 34.7. The molecule has 0 aliphatic heterocycles. The lowest BCUT2D eigenvalue weighted by Gasteiger charge is -2.26. The Kier molecular flexibility index (Phi) is 5.38. The van der Waals surface area contributed by atoms with Gasteiger partial charge < -0.3 is 16.4 Å². The van der Waals surface area contributed by atoms with Gasteiger partial charge in [-0.3, -0.25) is 14.6 Å². The fourth-order valence-electron chi connectivity index (χ4n) is 2.45. The summed E-state index contributed by atoms with van der Waals surface area (Å²) in [5.41, 5.74) is 12.6. The van der Waals surface area contributed by atoms with Gasteiger partial charge in [-0.25, -0.2) is 4.98 Å². The van der Waals surface area contributed by atoms with Crippen LogP contribution in [0.25, 0.3) is 0 Å². The lowest BCUT2D eigenvalue weighted by molar-refractivity contribution is -0.118. The first-order valence-electron chi connectivity index (χ1n) is 7.93. The van der Waals surface area contributed by atoms with Gasteiger partial charge in [-0.1, -0.05) is 22.9 Å². The molecule has 3 rings (SSSR count). The van der Waals surface area contributed by atoms with Gasteiger partial charge in [0, 0.05) is 28.7 Å². The summed E-state index contributed by atoms with van der Waals surface area (Å²) in [6, 6.07) is 9.36. The zero-order valence-electron chi connectivity index (χ0n) is 14.3. The van der Waals surface area contributed by atoms with E-state index < -0.39 is 11.9 Å². The number of thiazole rings is 1. The van der Waals surface area contributed by atoms with Crippen LogP contribution in [0.1, 0.15) is 22.2 Å². The molecule has 0 unspecified atom stereocenters. The van der Waals surface area contributed by atoms with Crippen molar-refractivity contribution >= 4 is 51.3 Å². The molecule has 0 radical (unpaired) electrons. The number of ketones is 1. The smallest absolute Gasteiger partial charge is 0.240 e. The third-order valence-electron chi connectivity index (χ3n) is 3.90. The molecule has 138 valence electrons. The van der Waals surface area contributed by atoms with Gasteiger partial charge in [0.1, 0.15) is 16.7 Å². The molecular weight excluding hydrogens is 386 g/mol. The van der Waals surface area contributed by atoms with Crippen LogP contribution in [0.5, 0.6) is 0 Å². The minimum absolute atomic E-state index is 0.0902. The third-order valence-corrected chi connectivity index (χ3v) is 5.22. The number of halogens is 1. The molecule has 2 aromatic heterocycles. The molecule has 0 saturated carbocycles. The Labute approximate surface area is 164 Å². The standard InChI is InChI=1S/C18H16ClN5O2S/c1-10(17(21)26)24(13-4-2-12(19)3-5-13)18-23-16(20)15(27-18)14(25)11-6-8-22-9-7-11/h2-10H,20H2,1H3,(H2,21,26)/t10-/m0/s1. The Bertz CT molecular complexity index is 975. The number of nitrogens with zero attached hydrogens (tertiary/aromatic N) is 3. The summed E-state index contributed by atoms with van der Waals surface area (Å²) in [5.74, 6) is -0.713. The van der Waals surface area contributed by atoms with E-state index in [0.29, 0.717) is 21.4 Å². The normalized spacial score (nSPS) is 11.8. The maximum Gasteiger partial charge on any atom is 0.240 e. The van der Waals surface area contributed by atoms with Crippen LogP contribution in [0.4, 0.5) is 16.6 Å². The van der Waals surface area contributed by atoms with Gasteiger partial charge in [-0.15, -0.1) is 0 Å². The minimum Gasteiger partial charge on any atom is -0.382 e. The number of hydrogen-bond acceptors (Lipinski definition) is 7. The highest BCUT2D eigenvalue weighted by molar-refractivity contribution is 7.18. The van der Waals surface area contributed by atoms with E-state index >= 15 is 0 Å². The molecule has 27 heavy (non-hydrogen) atoms. The number of amides is 1. The number of carbonyl (C=O) groups is 2. The van der Waals surface area contributed by atoms with Crippen molar-refractivity contribution in [1.82, 2.24) is 9.97 Å². The summed E-state index contributed by atoms with van der Waals surface area (Å²) in [6.07, 6.45) is 3.06. The van der Waals surface area contributed by atoms with Crippen LogP contribution in [-0.4, -0.2) is 27.7 Å². The second kappa shape index (κ2) is 7.73. The van der Waals surface area contributed by atoms with Gasteiger partial charge in [0.05, 0.1) is 0 Å². The number of carbonyl (C=O) groups excluding carboxylic acids is 2. The zero-order valence-corrected chi connectivity index (χ0v) is 15.9. The molecule has 1 atom stereocenters. The van der Waals surface area contributed by atoms with Crippen molar-refractivity contribution in [2.75, 3.05) is 10.6 Å². The van der Waals surface area contributed by atoms with Gasteiger partial charge in [-0.2, -0.15) is 0 Å². The van der Waals surface area contributed by atoms with Gasteiger partial charge >= 0.3 is 0 Å². The highest BCUT2D eigenvalue weighted by atomic mass is 35.5. The predicted octanol–water partition coefficient (Wildman–Crippen LogP) is 3.02. The van der Waals surface area contributed by atoms with Gasteiger partial charge in [0.15, 0.2) is 5.13 Å². The lowest BCUT2D eigenvalue weighted by Crippen LogP contribution is -2.39. The molecule has 4 N–H and O–H groups in total. The summed E-state index contributed by atoms with van der Waals surface area (Å²) in [7, 11) is 0. The molecule has 3 aromatic rings. The number of nitrogens with two attached hydrogens (primary N) is 2. The quantitative estimate of drug-likeness (QED) is 0.613. The number of aromatic nitrogens is 2. The number of rotatable bonds is 6. The summed E-state index contributed by atoms with van der Waals surface area (Å²) < 4.78 is 0. The molecule has 1 amide bonds. The minimum atomic E-state index is -0.708. The second-order valence-corrected chi connectivity index (χ2v) is 7.11. The van der Waals surface area contributed by atoms with E-state index in [0.717, 1.165) is 11.3 Å². The third kappa shape index (κ3) is 3.91. The Hall–Kier alpha value is -2.97. The maximum atomic E-state index is 12.7. The van der Waals surface area contributed by atoms with Gasteiger partial charge in [0.25, 0.3) is 0 Å². The molecule has 0 aliphatic rings. The summed E-state index contributed by atoms with van der Waals surface area (Å²) >= 11 is 7.04. The lowest BCUT2D eigenvalue weighted by atomic mass is 10.1. The maximum absolute atomic E-state index is 12.7. The van der Waals surface area contributed by atoms with Crippen molar-refractivity contribution < 1.29 is 9.59 Å². The van der Waals surface area contributed by atoms with E-state index in [2.05, 4.69) is 9.97 Å². The van der Waals surface area contributed by atoms with Crippen LogP contribution >= 0.6 is 22.9 Å². The van der Waals surface area contributed by atoms with Crippen LogP contribution < -0.4 is 16.4 Å².